The van der Waals surface area contributed by atoms with Gasteiger partial charge in [-0.25, -0.2) is 9.97 Å². The number of carbonyl (C=O) groups is 2. The number of aromatic nitrogens is 3. The fraction of sp³-hybridized carbons (Fsp3) is 0.385. The Morgan fingerprint density at radius 2 is 1.86 bits per heavy atom. The first kappa shape index (κ1) is 26.2. The third-order valence-corrected chi connectivity index (χ3v) is 6.43. The first-order chi connectivity index (χ1) is 17.4. The number of benzene rings is 1. The standard InChI is InChI=1S/C26H28F3N5O3/c1-25(2)12-18(13-25)23(16-6-8-17(9-7-16)24(37)30-11-10-22(35)36)33-20-4-3-5-21(32-20)34-14-19(31-15-34)26(27,28)29/h3-9,14-15,18,23H,10-13H2,1-2H3,(H,30,37)(H,32,33)(H,35,36). The van der Waals surface area contributed by atoms with E-state index in [0.29, 0.717) is 23.1 Å². The summed E-state index contributed by atoms with van der Waals surface area (Å²) in [6.45, 7) is 4.43. The number of hydrogen-bond acceptors (Lipinski definition) is 5. The van der Waals surface area contributed by atoms with Crippen molar-refractivity contribution in [3.8, 4) is 5.82 Å². The minimum atomic E-state index is -4.54. The van der Waals surface area contributed by atoms with Crippen molar-refractivity contribution in [3.63, 3.8) is 0 Å². The van der Waals surface area contributed by atoms with Gasteiger partial charge in [-0.2, -0.15) is 13.2 Å². The Kier molecular flexibility index (Phi) is 7.24. The van der Waals surface area contributed by atoms with Crippen molar-refractivity contribution in [3.05, 3.63) is 71.8 Å². The molecule has 8 nitrogen and oxygen atoms in total. The van der Waals surface area contributed by atoms with Crippen LogP contribution >= 0.6 is 0 Å². The zero-order valence-corrected chi connectivity index (χ0v) is 20.4. The topological polar surface area (TPSA) is 109 Å². The van der Waals surface area contributed by atoms with Gasteiger partial charge in [-0.05, 0) is 54.0 Å². The van der Waals surface area contributed by atoms with E-state index in [1.54, 1.807) is 30.3 Å². The first-order valence-electron chi connectivity index (χ1n) is 11.9. The predicted molar refractivity (Wildman–Crippen MR) is 130 cm³/mol. The molecule has 11 heteroatoms. The second-order valence-corrected chi connectivity index (χ2v) is 10.0. The molecule has 1 amide bonds. The molecule has 0 bridgehead atoms. The summed E-state index contributed by atoms with van der Waals surface area (Å²) < 4.78 is 40.1. The highest BCUT2D eigenvalue weighted by Crippen LogP contribution is 2.51. The third kappa shape index (κ3) is 6.46. The van der Waals surface area contributed by atoms with Crippen LogP contribution in [-0.4, -0.2) is 38.1 Å². The maximum Gasteiger partial charge on any atom is 0.434 e. The van der Waals surface area contributed by atoms with Crippen molar-refractivity contribution in [1.82, 2.24) is 19.9 Å². The quantitative estimate of drug-likeness (QED) is 0.367. The number of carbonyl (C=O) groups excluding carboxylic acids is 1. The molecule has 3 aromatic rings. The molecule has 1 unspecified atom stereocenters. The molecule has 196 valence electrons. The zero-order valence-electron chi connectivity index (χ0n) is 20.4. The average molecular weight is 516 g/mol. The predicted octanol–water partition coefficient (Wildman–Crippen LogP) is 5.08. The molecule has 1 atom stereocenters. The van der Waals surface area contributed by atoms with Crippen LogP contribution in [-0.2, 0) is 11.0 Å². The summed E-state index contributed by atoms with van der Waals surface area (Å²) in [5.41, 5.74) is 0.572. The largest absolute Gasteiger partial charge is 0.481 e. The van der Waals surface area contributed by atoms with Crippen LogP contribution in [0.5, 0.6) is 0 Å². The van der Waals surface area contributed by atoms with E-state index < -0.39 is 17.8 Å². The van der Waals surface area contributed by atoms with E-state index in [9.17, 15) is 22.8 Å². The summed E-state index contributed by atoms with van der Waals surface area (Å²) in [4.78, 5) is 30.9. The lowest BCUT2D eigenvalue weighted by Gasteiger charge is -2.47. The lowest BCUT2D eigenvalue weighted by Crippen LogP contribution is -2.38. The van der Waals surface area contributed by atoms with E-state index in [4.69, 9.17) is 5.11 Å². The van der Waals surface area contributed by atoms with Crippen LogP contribution in [0.15, 0.2) is 55.0 Å². The second-order valence-electron chi connectivity index (χ2n) is 10.0. The van der Waals surface area contributed by atoms with Crippen molar-refractivity contribution in [1.29, 1.82) is 0 Å². The Morgan fingerprint density at radius 3 is 2.46 bits per heavy atom. The SMILES string of the molecule is CC1(C)CC(C(Nc2cccc(-n3cnc(C(F)(F)F)c3)n2)c2ccc(C(=O)NCCC(=O)O)cc2)C1. The summed E-state index contributed by atoms with van der Waals surface area (Å²) in [6, 6.07) is 12.0. The van der Waals surface area contributed by atoms with Gasteiger partial charge in [0.25, 0.3) is 5.91 Å². The number of rotatable bonds is 9. The average Bonchev–Trinajstić information content (AvgIpc) is 3.32. The zero-order chi connectivity index (χ0) is 26.8. The highest BCUT2D eigenvalue weighted by molar-refractivity contribution is 5.94. The van der Waals surface area contributed by atoms with Crippen molar-refractivity contribution in [2.24, 2.45) is 11.3 Å². The van der Waals surface area contributed by atoms with Gasteiger partial charge in [0.15, 0.2) is 5.69 Å². The Hall–Kier alpha value is -3.89. The van der Waals surface area contributed by atoms with Crippen molar-refractivity contribution in [2.75, 3.05) is 11.9 Å². The molecule has 1 aliphatic rings. The Morgan fingerprint density at radius 1 is 1.16 bits per heavy atom. The van der Waals surface area contributed by atoms with E-state index >= 15 is 0 Å². The number of imidazole rings is 1. The molecular weight excluding hydrogens is 487 g/mol. The van der Waals surface area contributed by atoms with Gasteiger partial charge in [0.2, 0.25) is 0 Å². The molecule has 0 aliphatic heterocycles. The molecule has 0 saturated heterocycles. The van der Waals surface area contributed by atoms with Gasteiger partial charge in [-0.3, -0.25) is 14.2 Å². The summed E-state index contributed by atoms with van der Waals surface area (Å²) in [7, 11) is 0. The molecule has 4 rings (SSSR count). The van der Waals surface area contributed by atoms with E-state index in [2.05, 4.69) is 34.4 Å². The van der Waals surface area contributed by atoms with Crippen LogP contribution < -0.4 is 10.6 Å². The van der Waals surface area contributed by atoms with Crippen LogP contribution in [0.3, 0.4) is 0 Å². The maximum absolute atomic E-state index is 13.0. The second kappa shape index (κ2) is 10.2. The normalized spacial score (nSPS) is 16.0. The molecule has 1 aliphatic carbocycles. The molecule has 0 radical (unpaired) electrons. The monoisotopic (exact) mass is 515 g/mol. The number of amides is 1. The van der Waals surface area contributed by atoms with Gasteiger partial charge in [-0.1, -0.05) is 32.0 Å². The lowest BCUT2D eigenvalue weighted by atomic mass is 9.61. The van der Waals surface area contributed by atoms with Crippen molar-refractivity contribution in [2.45, 2.75) is 45.3 Å². The van der Waals surface area contributed by atoms with Gasteiger partial charge >= 0.3 is 12.1 Å². The van der Waals surface area contributed by atoms with Gasteiger partial charge in [-0.15, -0.1) is 0 Å². The van der Waals surface area contributed by atoms with E-state index in [0.717, 1.165) is 30.9 Å². The van der Waals surface area contributed by atoms with Crippen molar-refractivity contribution < 1.29 is 27.9 Å². The fourth-order valence-electron chi connectivity index (χ4n) is 4.70. The summed E-state index contributed by atoms with van der Waals surface area (Å²) in [5, 5.41) is 14.8. The molecule has 2 heterocycles. The fourth-order valence-corrected chi connectivity index (χ4v) is 4.70. The Bertz CT molecular complexity index is 1260. The molecule has 0 spiro atoms. The number of halogens is 3. The summed E-state index contributed by atoms with van der Waals surface area (Å²) in [6.07, 6.45) is -0.769. The smallest absolute Gasteiger partial charge is 0.434 e. The number of hydrogen-bond donors (Lipinski definition) is 3. The molecule has 2 aromatic heterocycles. The van der Waals surface area contributed by atoms with E-state index in [-0.39, 0.29) is 30.3 Å². The van der Waals surface area contributed by atoms with Crippen LogP contribution in [0.4, 0.5) is 19.0 Å². The molecule has 3 N–H and O–H groups in total. The number of aliphatic carboxylic acids is 1. The number of nitrogens with one attached hydrogen (secondary N) is 2. The summed E-state index contributed by atoms with van der Waals surface area (Å²) >= 11 is 0. The Balaban J connectivity index is 1.53. The van der Waals surface area contributed by atoms with Gasteiger partial charge in [0, 0.05) is 18.3 Å². The van der Waals surface area contributed by atoms with Crippen LogP contribution in [0, 0.1) is 11.3 Å². The number of anilines is 1. The molecule has 1 aromatic carbocycles. The Labute approximate surface area is 211 Å². The number of carboxylic acids is 1. The molecule has 1 saturated carbocycles. The van der Waals surface area contributed by atoms with Crippen LogP contribution in [0.25, 0.3) is 5.82 Å². The molecular formula is C26H28F3N5O3. The molecule has 1 fully saturated rings. The van der Waals surface area contributed by atoms with Crippen LogP contribution in [0.1, 0.15) is 60.8 Å². The first-order valence-corrected chi connectivity index (χ1v) is 11.9. The van der Waals surface area contributed by atoms with Gasteiger partial charge in [0.05, 0.1) is 12.5 Å². The summed E-state index contributed by atoms with van der Waals surface area (Å²) in [5.74, 6) is -0.241. The minimum Gasteiger partial charge on any atom is -0.481 e. The lowest BCUT2D eigenvalue weighted by molar-refractivity contribution is -0.141. The number of alkyl halides is 3. The van der Waals surface area contributed by atoms with Gasteiger partial charge < -0.3 is 15.7 Å². The van der Waals surface area contributed by atoms with E-state index in [1.807, 2.05) is 12.1 Å². The third-order valence-electron chi connectivity index (χ3n) is 6.43. The minimum absolute atomic E-state index is 0.0423. The van der Waals surface area contributed by atoms with Gasteiger partial charge in [0.1, 0.15) is 18.0 Å². The van der Waals surface area contributed by atoms with Crippen LogP contribution in [0.2, 0.25) is 0 Å². The van der Waals surface area contributed by atoms with E-state index in [1.165, 1.54) is 4.57 Å². The number of carboxylic acid groups (broad SMARTS) is 1. The highest BCUT2D eigenvalue weighted by atomic mass is 19.4. The highest BCUT2D eigenvalue weighted by Gasteiger charge is 2.41. The molecule has 37 heavy (non-hydrogen) atoms. The number of nitrogens with zero attached hydrogens (tertiary/aromatic N) is 3. The number of pyridine rings is 1. The van der Waals surface area contributed by atoms with Crippen molar-refractivity contribution >= 4 is 17.7 Å². The maximum atomic E-state index is 13.0.